The average Bonchev–Trinajstić information content (AvgIpc) is 2.62. The zero-order valence-corrected chi connectivity index (χ0v) is 14.7. The van der Waals surface area contributed by atoms with Crippen molar-refractivity contribution in [2.75, 3.05) is 11.9 Å². The van der Waals surface area contributed by atoms with Crippen molar-refractivity contribution >= 4 is 34.9 Å². The van der Waals surface area contributed by atoms with E-state index in [1.807, 2.05) is 0 Å². The molecule has 1 N–H and O–H groups in total. The Morgan fingerprint density at radius 2 is 1.93 bits per heavy atom. The Bertz CT molecular complexity index is 859. The lowest BCUT2D eigenvalue weighted by Crippen LogP contribution is -2.31. The second kappa shape index (κ2) is 8.95. The third-order valence-electron chi connectivity index (χ3n) is 3.26. The molecule has 0 saturated heterocycles. The minimum Gasteiger partial charge on any atom is -0.482 e. The number of carbonyl (C=O) groups excluding carboxylic acids is 2. The van der Waals surface area contributed by atoms with E-state index in [0.717, 1.165) is 18.2 Å². The molecule has 0 aliphatic heterocycles. The third kappa shape index (κ3) is 5.93. The molecule has 0 aliphatic carbocycles. The maximum Gasteiger partial charge on any atom is 0.344 e. The Balaban J connectivity index is 1.87. The molecule has 1 amide bonds. The van der Waals surface area contributed by atoms with Crippen LogP contribution in [0.25, 0.3) is 0 Å². The van der Waals surface area contributed by atoms with Gasteiger partial charge >= 0.3 is 11.7 Å². The van der Waals surface area contributed by atoms with E-state index in [4.69, 9.17) is 21.1 Å². The monoisotopic (exact) mass is 396 g/mol. The third-order valence-corrected chi connectivity index (χ3v) is 3.51. The fourth-order valence-electron chi connectivity index (χ4n) is 1.93. The summed E-state index contributed by atoms with van der Waals surface area (Å²) in [6.45, 7) is 0.884. The lowest BCUT2D eigenvalue weighted by atomic mass is 10.2. The number of anilines is 1. The summed E-state index contributed by atoms with van der Waals surface area (Å²) < 4.78 is 23.4. The number of hydrogen-bond donors (Lipinski definition) is 1. The molecule has 0 radical (unpaired) electrons. The van der Waals surface area contributed by atoms with Crippen LogP contribution in [0.5, 0.6) is 5.75 Å². The first kappa shape index (κ1) is 20.1. The van der Waals surface area contributed by atoms with Crippen molar-refractivity contribution in [3.63, 3.8) is 0 Å². The molecule has 27 heavy (non-hydrogen) atoms. The van der Waals surface area contributed by atoms with Crippen LogP contribution in [0.4, 0.5) is 15.8 Å². The van der Waals surface area contributed by atoms with Crippen LogP contribution >= 0.6 is 11.6 Å². The highest BCUT2D eigenvalue weighted by molar-refractivity contribution is 6.30. The van der Waals surface area contributed by atoms with Crippen LogP contribution in [0.2, 0.25) is 5.02 Å². The minimum absolute atomic E-state index is 0.00610. The first-order chi connectivity index (χ1) is 12.8. The lowest BCUT2D eigenvalue weighted by molar-refractivity contribution is -0.387. The van der Waals surface area contributed by atoms with Crippen LogP contribution in [0, 0.1) is 15.9 Å². The molecule has 0 aliphatic rings. The number of rotatable bonds is 7. The molecular weight excluding hydrogens is 383 g/mol. The lowest BCUT2D eigenvalue weighted by Gasteiger charge is -2.14. The highest BCUT2D eigenvalue weighted by atomic mass is 35.5. The Morgan fingerprint density at radius 3 is 2.56 bits per heavy atom. The van der Waals surface area contributed by atoms with Gasteiger partial charge in [0.05, 0.1) is 4.92 Å². The molecule has 2 aromatic rings. The van der Waals surface area contributed by atoms with Crippen LogP contribution in [0.1, 0.15) is 6.92 Å². The molecule has 0 spiro atoms. The maximum atomic E-state index is 13.3. The number of carbonyl (C=O) groups is 2. The van der Waals surface area contributed by atoms with Gasteiger partial charge in [-0.05, 0) is 43.3 Å². The summed E-state index contributed by atoms with van der Waals surface area (Å²) in [7, 11) is 0. The summed E-state index contributed by atoms with van der Waals surface area (Å²) in [5.41, 5.74) is -0.790. The van der Waals surface area contributed by atoms with Gasteiger partial charge in [0.15, 0.2) is 12.7 Å². The van der Waals surface area contributed by atoms with Gasteiger partial charge in [0.25, 0.3) is 5.91 Å². The molecule has 8 nitrogen and oxygen atoms in total. The van der Waals surface area contributed by atoms with Gasteiger partial charge in [-0.25, -0.2) is 4.79 Å². The highest BCUT2D eigenvalue weighted by Crippen LogP contribution is 2.22. The van der Waals surface area contributed by atoms with E-state index in [1.54, 1.807) is 24.3 Å². The molecule has 0 aromatic heterocycles. The Hall–Kier alpha value is -3.20. The van der Waals surface area contributed by atoms with E-state index in [1.165, 1.54) is 6.92 Å². The molecule has 0 heterocycles. The van der Waals surface area contributed by atoms with Crippen molar-refractivity contribution in [2.24, 2.45) is 0 Å². The van der Waals surface area contributed by atoms with Crippen LogP contribution in [0.15, 0.2) is 42.5 Å². The van der Waals surface area contributed by atoms with E-state index in [9.17, 15) is 24.1 Å². The number of esters is 1. The summed E-state index contributed by atoms with van der Waals surface area (Å²) in [5.74, 6) is -2.17. The standard InChI is InChI=1S/C17H14ClFN2O6/c1-10(27-16(22)9-26-13-5-2-11(18)3-6-13)17(23)20-12-4-7-14(19)15(8-12)21(24)25/h2-8,10H,9H2,1H3,(H,20,23)/t10-/m1/s1. The molecule has 0 bridgehead atoms. The molecular formula is C17H14ClFN2O6. The van der Waals surface area contributed by atoms with Crippen molar-refractivity contribution in [1.82, 2.24) is 0 Å². The number of nitrogens with one attached hydrogen (secondary N) is 1. The maximum absolute atomic E-state index is 13.3. The minimum atomic E-state index is -1.20. The second-order valence-electron chi connectivity index (χ2n) is 5.29. The Labute approximate surface area is 158 Å². The number of hydrogen-bond acceptors (Lipinski definition) is 6. The largest absolute Gasteiger partial charge is 0.482 e. The molecule has 0 saturated carbocycles. The van der Waals surface area contributed by atoms with Crippen LogP contribution < -0.4 is 10.1 Å². The summed E-state index contributed by atoms with van der Waals surface area (Å²) >= 11 is 5.73. The SMILES string of the molecule is C[C@@H](OC(=O)COc1ccc(Cl)cc1)C(=O)Nc1ccc(F)c([N+](=O)[O-])c1. The van der Waals surface area contributed by atoms with Crippen LogP contribution in [0.3, 0.4) is 0 Å². The number of nitro benzene ring substituents is 1. The van der Waals surface area contributed by atoms with Gasteiger partial charge < -0.3 is 14.8 Å². The quantitative estimate of drug-likeness (QED) is 0.437. The molecule has 0 fully saturated rings. The number of ether oxygens (including phenoxy) is 2. The van der Waals surface area contributed by atoms with E-state index < -0.39 is 41.0 Å². The predicted molar refractivity (Wildman–Crippen MR) is 94.2 cm³/mol. The van der Waals surface area contributed by atoms with Crippen LogP contribution in [-0.2, 0) is 14.3 Å². The fraction of sp³-hybridized carbons (Fsp3) is 0.176. The van der Waals surface area contributed by atoms with Crippen molar-refractivity contribution in [1.29, 1.82) is 0 Å². The van der Waals surface area contributed by atoms with Gasteiger partial charge in [-0.2, -0.15) is 4.39 Å². The number of nitrogens with zero attached hydrogens (tertiary/aromatic N) is 1. The molecule has 0 unspecified atom stereocenters. The van der Waals surface area contributed by atoms with Gasteiger partial charge in [0, 0.05) is 16.8 Å². The normalized spacial score (nSPS) is 11.4. The molecule has 2 rings (SSSR count). The summed E-state index contributed by atoms with van der Waals surface area (Å²) in [5, 5.41) is 13.5. The number of halogens is 2. The van der Waals surface area contributed by atoms with E-state index in [0.29, 0.717) is 10.8 Å². The van der Waals surface area contributed by atoms with Crippen molar-refractivity contribution in [3.05, 3.63) is 63.4 Å². The van der Waals surface area contributed by atoms with Crippen LogP contribution in [-0.4, -0.2) is 29.5 Å². The van der Waals surface area contributed by atoms with Crippen molar-refractivity contribution < 1.29 is 28.4 Å². The molecule has 142 valence electrons. The first-order valence-electron chi connectivity index (χ1n) is 7.59. The molecule has 2 aromatic carbocycles. The smallest absolute Gasteiger partial charge is 0.344 e. The highest BCUT2D eigenvalue weighted by Gasteiger charge is 2.20. The second-order valence-corrected chi connectivity index (χ2v) is 5.72. The first-order valence-corrected chi connectivity index (χ1v) is 7.96. The van der Waals surface area contributed by atoms with Gasteiger partial charge in [-0.3, -0.25) is 14.9 Å². The Morgan fingerprint density at radius 1 is 1.26 bits per heavy atom. The topological polar surface area (TPSA) is 108 Å². The number of benzene rings is 2. The van der Waals surface area contributed by atoms with E-state index in [2.05, 4.69) is 5.32 Å². The Kier molecular flexibility index (Phi) is 6.67. The van der Waals surface area contributed by atoms with E-state index >= 15 is 0 Å². The van der Waals surface area contributed by atoms with Gasteiger partial charge in [0.2, 0.25) is 5.82 Å². The number of amides is 1. The fourth-order valence-corrected chi connectivity index (χ4v) is 2.06. The zero-order chi connectivity index (χ0) is 20.0. The van der Waals surface area contributed by atoms with Gasteiger partial charge in [0.1, 0.15) is 5.75 Å². The molecule has 1 atom stereocenters. The van der Waals surface area contributed by atoms with Gasteiger partial charge in [-0.15, -0.1) is 0 Å². The summed E-state index contributed by atoms with van der Waals surface area (Å²) in [6.07, 6.45) is -1.20. The molecule has 10 heteroatoms. The van der Waals surface area contributed by atoms with Crippen molar-refractivity contribution in [2.45, 2.75) is 13.0 Å². The van der Waals surface area contributed by atoms with Gasteiger partial charge in [-0.1, -0.05) is 11.6 Å². The summed E-state index contributed by atoms with van der Waals surface area (Å²) in [6, 6.07) is 9.16. The van der Waals surface area contributed by atoms with E-state index in [-0.39, 0.29) is 5.69 Å². The average molecular weight is 397 g/mol. The summed E-state index contributed by atoms with van der Waals surface area (Å²) in [4.78, 5) is 33.6. The predicted octanol–water partition coefficient (Wildman–Crippen LogP) is 3.34. The number of nitro groups is 1. The zero-order valence-electron chi connectivity index (χ0n) is 14.0. The van der Waals surface area contributed by atoms with Crippen molar-refractivity contribution in [3.8, 4) is 5.75 Å².